The van der Waals surface area contributed by atoms with Crippen LogP contribution in [0, 0.1) is 27.2 Å². The van der Waals surface area contributed by atoms with Crippen molar-refractivity contribution in [1.82, 2.24) is 9.55 Å². The number of carbonyl (C=O) groups is 1. The molecule has 0 fully saturated rings. The van der Waals surface area contributed by atoms with Crippen molar-refractivity contribution >= 4 is 17.3 Å². The van der Waals surface area contributed by atoms with Gasteiger partial charge in [0, 0.05) is 25.5 Å². The number of ether oxygens (including phenoxy) is 1. The van der Waals surface area contributed by atoms with Gasteiger partial charge in [-0.2, -0.15) is 0 Å². The Hall–Kier alpha value is -4.48. The number of ketones is 1. The summed E-state index contributed by atoms with van der Waals surface area (Å²) in [6.07, 6.45) is 0.985. The number of nitro groups is 2. The van der Waals surface area contributed by atoms with Crippen molar-refractivity contribution in [3.8, 4) is 17.2 Å². The molecule has 0 atom stereocenters. The van der Waals surface area contributed by atoms with Gasteiger partial charge in [0.2, 0.25) is 5.75 Å². The predicted molar refractivity (Wildman–Crippen MR) is 110 cm³/mol. The van der Waals surface area contributed by atoms with Crippen LogP contribution in [0.1, 0.15) is 21.7 Å². The van der Waals surface area contributed by atoms with Gasteiger partial charge < -0.3 is 25.1 Å². The molecule has 1 heterocycles. The number of non-ortho nitro benzene ring substituents is 1. The van der Waals surface area contributed by atoms with E-state index >= 15 is 0 Å². The molecule has 0 aliphatic rings. The highest BCUT2D eigenvalue weighted by Crippen LogP contribution is 2.38. The number of aromatic hydroxyl groups is 2. The molecule has 0 aliphatic carbocycles. The first-order valence-electron chi connectivity index (χ1n) is 9.29. The van der Waals surface area contributed by atoms with E-state index in [1.807, 2.05) is 0 Å². The van der Waals surface area contributed by atoms with Crippen molar-refractivity contribution in [3.05, 3.63) is 79.8 Å². The number of carbonyl (C=O) groups excluding carboxylic acids is 1. The van der Waals surface area contributed by atoms with Crippen LogP contribution in [-0.4, -0.2) is 42.0 Å². The smallest absolute Gasteiger partial charge is 0.342 e. The first kappa shape index (κ1) is 22.2. The van der Waals surface area contributed by atoms with Crippen LogP contribution in [-0.2, 0) is 13.0 Å². The van der Waals surface area contributed by atoms with E-state index in [2.05, 4.69) is 4.98 Å². The van der Waals surface area contributed by atoms with Crippen LogP contribution in [0.4, 0.5) is 11.5 Å². The summed E-state index contributed by atoms with van der Waals surface area (Å²) < 4.78 is 6.75. The van der Waals surface area contributed by atoms with Crippen molar-refractivity contribution in [2.24, 2.45) is 0 Å². The third kappa shape index (κ3) is 4.64. The van der Waals surface area contributed by atoms with Crippen molar-refractivity contribution in [2.75, 3.05) is 6.61 Å². The number of aryl methyl sites for hydroxylation is 1. The Labute approximate surface area is 180 Å². The standard InChI is InChI=1S/C20H18N4O8/c1-12-21-11-18(24(30)31)22(12)8-9-32-17-7-6-15(19(26)20(17)27)16(25)10-13-2-4-14(5-3-13)23(28)29/h2-7,11,26-27H,8-10H2,1H3. The molecular weight excluding hydrogens is 424 g/mol. The van der Waals surface area contributed by atoms with Gasteiger partial charge in [-0.15, -0.1) is 0 Å². The van der Waals surface area contributed by atoms with Crippen molar-refractivity contribution in [3.63, 3.8) is 0 Å². The summed E-state index contributed by atoms with van der Waals surface area (Å²) in [5.41, 5.74) is 0.241. The molecule has 12 nitrogen and oxygen atoms in total. The summed E-state index contributed by atoms with van der Waals surface area (Å²) >= 11 is 0. The predicted octanol–water partition coefficient (Wildman–Crippen LogP) is 2.92. The van der Waals surface area contributed by atoms with Gasteiger partial charge in [0.25, 0.3) is 5.69 Å². The van der Waals surface area contributed by atoms with Crippen LogP contribution >= 0.6 is 0 Å². The molecule has 0 saturated heterocycles. The van der Waals surface area contributed by atoms with E-state index < -0.39 is 27.1 Å². The quantitative estimate of drug-likeness (QED) is 0.219. The summed E-state index contributed by atoms with van der Waals surface area (Å²) in [6, 6.07) is 7.98. The Balaban J connectivity index is 1.68. The number of hydrogen-bond donors (Lipinski definition) is 2. The Morgan fingerprint density at radius 1 is 1.06 bits per heavy atom. The number of phenolic OH excluding ortho intramolecular Hbond substituents is 2. The second-order valence-corrected chi connectivity index (χ2v) is 6.75. The maximum atomic E-state index is 12.5. The average molecular weight is 442 g/mol. The largest absolute Gasteiger partial charge is 0.504 e. The van der Waals surface area contributed by atoms with E-state index in [9.17, 15) is 35.2 Å². The van der Waals surface area contributed by atoms with Crippen LogP contribution in [0.2, 0.25) is 0 Å². The second-order valence-electron chi connectivity index (χ2n) is 6.75. The zero-order chi connectivity index (χ0) is 23.4. The highest BCUT2D eigenvalue weighted by atomic mass is 16.6. The first-order chi connectivity index (χ1) is 15.2. The van der Waals surface area contributed by atoms with E-state index in [1.54, 1.807) is 6.92 Å². The molecule has 0 spiro atoms. The minimum absolute atomic E-state index is 0.0683. The molecule has 1 aromatic heterocycles. The fourth-order valence-electron chi connectivity index (χ4n) is 3.04. The molecule has 3 rings (SSSR count). The molecule has 0 amide bonds. The Kier molecular flexibility index (Phi) is 6.33. The first-order valence-corrected chi connectivity index (χ1v) is 9.29. The van der Waals surface area contributed by atoms with E-state index in [-0.39, 0.29) is 42.4 Å². The van der Waals surface area contributed by atoms with Gasteiger partial charge in [0.1, 0.15) is 19.3 Å². The van der Waals surface area contributed by atoms with Gasteiger partial charge in [-0.25, -0.2) is 9.55 Å². The molecule has 0 unspecified atom stereocenters. The topological polar surface area (TPSA) is 171 Å². The number of rotatable bonds is 9. The zero-order valence-corrected chi connectivity index (χ0v) is 16.8. The lowest BCUT2D eigenvalue weighted by atomic mass is 10.0. The van der Waals surface area contributed by atoms with Gasteiger partial charge in [0.05, 0.1) is 10.5 Å². The second kappa shape index (κ2) is 9.12. The number of nitrogens with zero attached hydrogens (tertiary/aromatic N) is 4. The van der Waals surface area contributed by atoms with Crippen LogP contribution in [0.25, 0.3) is 0 Å². The van der Waals surface area contributed by atoms with Crippen LogP contribution < -0.4 is 4.74 Å². The Morgan fingerprint density at radius 2 is 1.75 bits per heavy atom. The number of hydrogen-bond acceptors (Lipinski definition) is 9. The minimum Gasteiger partial charge on any atom is -0.504 e. The van der Waals surface area contributed by atoms with Gasteiger partial charge in [-0.1, -0.05) is 12.1 Å². The van der Waals surface area contributed by atoms with Crippen LogP contribution in [0.15, 0.2) is 42.6 Å². The van der Waals surface area contributed by atoms with E-state index in [0.717, 1.165) is 6.20 Å². The maximum Gasteiger partial charge on any atom is 0.342 e. The Bertz CT molecular complexity index is 1190. The minimum atomic E-state index is -0.667. The number of benzene rings is 2. The molecule has 166 valence electrons. The average Bonchev–Trinajstić information content (AvgIpc) is 3.12. The van der Waals surface area contributed by atoms with Gasteiger partial charge in [-0.3, -0.25) is 14.9 Å². The van der Waals surface area contributed by atoms with E-state index in [1.165, 1.54) is 41.0 Å². The molecule has 0 bridgehead atoms. The van der Waals surface area contributed by atoms with Crippen molar-refractivity contribution in [2.45, 2.75) is 19.9 Å². The highest BCUT2D eigenvalue weighted by Gasteiger charge is 2.20. The summed E-state index contributed by atoms with van der Waals surface area (Å²) in [5, 5.41) is 42.2. The molecule has 2 N–H and O–H groups in total. The molecular formula is C20H18N4O8. The number of Topliss-reactive ketones (excluding diaryl/α,β-unsaturated/α-hetero) is 1. The lowest BCUT2D eigenvalue weighted by Gasteiger charge is -2.11. The Morgan fingerprint density at radius 3 is 2.38 bits per heavy atom. The molecule has 0 radical (unpaired) electrons. The monoisotopic (exact) mass is 442 g/mol. The maximum absolute atomic E-state index is 12.5. The van der Waals surface area contributed by atoms with Gasteiger partial charge >= 0.3 is 5.82 Å². The fraction of sp³-hybridized carbons (Fsp3) is 0.200. The molecule has 12 heteroatoms. The molecule has 32 heavy (non-hydrogen) atoms. The molecule has 2 aromatic carbocycles. The zero-order valence-electron chi connectivity index (χ0n) is 16.8. The number of phenols is 2. The lowest BCUT2D eigenvalue weighted by Crippen LogP contribution is -2.12. The third-order valence-corrected chi connectivity index (χ3v) is 4.72. The number of nitro benzene ring substituents is 1. The third-order valence-electron chi connectivity index (χ3n) is 4.72. The summed E-state index contributed by atoms with van der Waals surface area (Å²) in [6.45, 7) is 1.60. The summed E-state index contributed by atoms with van der Waals surface area (Å²) in [5.74, 6) is -1.71. The van der Waals surface area contributed by atoms with Crippen LogP contribution in [0.5, 0.6) is 17.2 Å². The lowest BCUT2D eigenvalue weighted by molar-refractivity contribution is -0.392. The van der Waals surface area contributed by atoms with Crippen molar-refractivity contribution in [1.29, 1.82) is 0 Å². The van der Waals surface area contributed by atoms with Crippen molar-refractivity contribution < 1.29 is 29.6 Å². The molecule has 0 aliphatic heterocycles. The van der Waals surface area contributed by atoms with Crippen LogP contribution in [0.3, 0.4) is 0 Å². The number of aromatic nitrogens is 2. The normalized spacial score (nSPS) is 10.7. The van der Waals surface area contributed by atoms with Gasteiger partial charge in [-0.05, 0) is 22.6 Å². The SMILES string of the molecule is Cc1ncc([N+](=O)[O-])n1CCOc1ccc(C(=O)Cc2ccc([N+](=O)[O-])cc2)c(O)c1O. The van der Waals surface area contributed by atoms with Gasteiger partial charge in [0.15, 0.2) is 23.1 Å². The van der Waals surface area contributed by atoms with E-state index in [0.29, 0.717) is 11.4 Å². The van der Waals surface area contributed by atoms with E-state index in [4.69, 9.17) is 4.74 Å². The summed E-state index contributed by atoms with van der Waals surface area (Å²) in [4.78, 5) is 37.0. The fourth-order valence-corrected chi connectivity index (χ4v) is 3.04. The molecule has 0 saturated carbocycles. The number of imidazole rings is 1. The molecule has 3 aromatic rings. The highest BCUT2D eigenvalue weighted by molar-refractivity contribution is 6.01. The summed E-state index contributed by atoms with van der Waals surface area (Å²) in [7, 11) is 0.